The maximum absolute atomic E-state index is 11.6. The van der Waals surface area contributed by atoms with Gasteiger partial charge in [-0.05, 0) is 6.42 Å². The largest absolute Gasteiger partial charge is 0.504 e. The first kappa shape index (κ1) is 20.9. The number of ether oxygens (including phenoxy) is 1. The lowest BCUT2D eigenvalue weighted by molar-refractivity contribution is 0.159. The topological polar surface area (TPSA) is 99.0 Å². The second kappa shape index (κ2) is 12.3. The van der Waals surface area contributed by atoms with Crippen LogP contribution >= 0.6 is 0 Å². The van der Waals surface area contributed by atoms with Crippen LogP contribution in [-0.2, 0) is 4.74 Å². The Hall–Kier alpha value is -2.11. The molecule has 6 heteroatoms. The van der Waals surface area contributed by atoms with Gasteiger partial charge in [0.25, 0.3) is 0 Å². The smallest absolute Gasteiger partial charge is 0.411 e. The lowest BCUT2D eigenvalue weighted by Crippen LogP contribution is -2.14. The highest BCUT2D eigenvalue weighted by Crippen LogP contribution is 2.37. The van der Waals surface area contributed by atoms with Gasteiger partial charge < -0.3 is 20.1 Å². The van der Waals surface area contributed by atoms with E-state index in [-0.39, 0.29) is 5.69 Å². The second-order valence-corrected chi connectivity index (χ2v) is 6.31. The highest BCUT2D eigenvalue weighted by Gasteiger charge is 2.10. The number of aromatic hydroxyl groups is 3. The van der Waals surface area contributed by atoms with Crippen molar-refractivity contribution in [2.45, 2.75) is 71.1 Å². The van der Waals surface area contributed by atoms with E-state index >= 15 is 0 Å². The molecule has 0 aromatic heterocycles. The van der Waals surface area contributed by atoms with Crippen LogP contribution in [0.3, 0.4) is 0 Å². The lowest BCUT2D eigenvalue weighted by Gasteiger charge is -2.09. The number of hydrogen-bond acceptors (Lipinski definition) is 5. The number of benzene rings is 1. The van der Waals surface area contributed by atoms with E-state index in [1.165, 1.54) is 44.9 Å². The Kier molecular flexibility index (Phi) is 10.3. The maximum atomic E-state index is 11.6. The van der Waals surface area contributed by atoms with Gasteiger partial charge in [-0.2, -0.15) is 0 Å². The summed E-state index contributed by atoms with van der Waals surface area (Å²) in [5.74, 6) is -1.64. The zero-order chi connectivity index (χ0) is 18.5. The molecule has 0 saturated heterocycles. The van der Waals surface area contributed by atoms with E-state index in [4.69, 9.17) is 4.74 Å². The molecule has 0 radical (unpaired) electrons. The van der Waals surface area contributed by atoms with Crippen LogP contribution in [0.15, 0.2) is 12.1 Å². The fourth-order valence-corrected chi connectivity index (χ4v) is 2.58. The van der Waals surface area contributed by atoms with Crippen molar-refractivity contribution in [1.82, 2.24) is 0 Å². The van der Waals surface area contributed by atoms with Crippen molar-refractivity contribution in [3.63, 3.8) is 0 Å². The molecule has 25 heavy (non-hydrogen) atoms. The predicted molar refractivity (Wildman–Crippen MR) is 98.3 cm³/mol. The van der Waals surface area contributed by atoms with Gasteiger partial charge in [0.05, 0.1) is 12.3 Å². The number of nitrogens with one attached hydrogen (secondary N) is 1. The van der Waals surface area contributed by atoms with E-state index in [1.54, 1.807) is 0 Å². The van der Waals surface area contributed by atoms with Crippen molar-refractivity contribution in [3.8, 4) is 17.2 Å². The lowest BCUT2D eigenvalue weighted by atomic mass is 10.1. The monoisotopic (exact) mass is 353 g/mol. The minimum absolute atomic E-state index is 0.154. The van der Waals surface area contributed by atoms with Crippen molar-refractivity contribution in [2.75, 3.05) is 11.9 Å². The number of anilines is 1. The molecule has 0 aliphatic heterocycles. The zero-order valence-electron chi connectivity index (χ0n) is 15.1. The number of carbonyl (C=O) groups excluding carboxylic acids is 1. The molecule has 0 spiro atoms. The third-order valence-electron chi connectivity index (χ3n) is 4.05. The number of amides is 1. The molecule has 0 atom stereocenters. The molecular formula is C19H31NO5. The molecule has 1 aromatic carbocycles. The summed E-state index contributed by atoms with van der Waals surface area (Å²) in [6.45, 7) is 2.55. The fraction of sp³-hybridized carbons (Fsp3) is 0.632. The first-order chi connectivity index (χ1) is 12.0. The summed E-state index contributed by atoms with van der Waals surface area (Å²) in [7, 11) is 0. The maximum Gasteiger partial charge on any atom is 0.411 e. The summed E-state index contributed by atoms with van der Waals surface area (Å²) < 4.78 is 5.05. The van der Waals surface area contributed by atoms with Crippen LogP contribution in [-0.4, -0.2) is 28.0 Å². The minimum Gasteiger partial charge on any atom is -0.504 e. The van der Waals surface area contributed by atoms with E-state index in [1.807, 2.05) is 0 Å². The first-order valence-corrected chi connectivity index (χ1v) is 9.23. The third kappa shape index (κ3) is 9.08. The molecule has 1 aromatic rings. The molecule has 0 aliphatic carbocycles. The summed E-state index contributed by atoms with van der Waals surface area (Å²) in [5, 5.41) is 30.4. The summed E-state index contributed by atoms with van der Waals surface area (Å²) in [6, 6.07) is 2.27. The first-order valence-electron chi connectivity index (χ1n) is 9.23. The fourth-order valence-electron chi connectivity index (χ4n) is 2.58. The number of rotatable bonds is 12. The van der Waals surface area contributed by atoms with Crippen molar-refractivity contribution < 1.29 is 24.9 Å². The predicted octanol–water partition coefficient (Wildman–Crippen LogP) is 5.27. The molecule has 0 bridgehead atoms. The highest BCUT2D eigenvalue weighted by atomic mass is 16.5. The van der Waals surface area contributed by atoms with Crippen molar-refractivity contribution in [3.05, 3.63) is 12.1 Å². The Balaban J connectivity index is 2.04. The van der Waals surface area contributed by atoms with Crippen molar-refractivity contribution in [1.29, 1.82) is 0 Å². The van der Waals surface area contributed by atoms with Gasteiger partial charge in [-0.25, -0.2) is 4.79 Å². The van der Waals surface area contributed by atoms with E-state index < -0.39 is 23.3 Å². The van der Waals surface area contributed by atoms with Gasteiger partial charge in [0.2, 0.25) is 0 Å². The molecule has 0 unspecified atom stereocenters. The van der Waals surface area contributed by atoms with Gasteiger partial charge in [-0.1, -0.05) is 64.7 Å². The molecule has 0 fully saturated rings. The average molecular weight is 353 g/mol. The molecule has 1 amide bonds. The van der Waals surface area contributed by atoms with Gasteiger partial charge in [-0.3, -0.25) is 5.32 Å². The van der Waals surface area contributed by atoms with Crippen molar-refractivity contribution in [2.24, 2.45) is 0 Å². The van der Waals surface area contributed by atoms with Crippen LogP contribution < -0.4 is 5.32 Å². The minimum atomic E-state index is -0.652. The molecule has 1 rings (SSSR count). The van der Waals surface area contributed by atoms with Gasteiger partial charge >= 0.3 is 6.09 Å². The number of carbonyl (C=O) groups is 1. The van der Waals surface area contributed by atoms with Crippen LogP contribution in [0.1, 0.15) is 71.1 Å². The van der Waals surface area contributed by atoms with Crippen LogP contribution in [0, 0.1) is 0 Å². The standard InChI is InChI=1S/C19H31NO5/c1-2-3-4-5-6-7-8-9-10-11-12-25-19(24)20-15-13-16(21)18(23)17(22)14-15/h13-14,21-23H,2-12H2,1H3,(H,20,24). The number of phenolic OH excluding ortho intramolecular Hbond substituents is 3. The quantitative estimate of drug-likeness (QED) is 0.233. The SMILES string of the molecule is CCCCCCCCCCCCOC(=O)Nc1cc(O)c(O)c(O)c1. The van der Waals surface area contributed by atoms with Gasteiger partial charge in [0.1, 0.15) is 0 Å². The molecule has 0 aliphatic rings. The molecule has 6 nitrogen and oxygen atoms in total. The Morgan fingerprint density at radius 3 is 1.88 bits per heavy atom. The number of phenols is 3. The summed E-state index contributed by atoms with van der Waals surface area (Å²) in [4.78, 5) is 11.6. The van der Waals surface area contributed by atoms with E-state index in [9.17, 15) is 20.1 Å². The van der Waals surface area contributed by atoms with E-state index in [0.29, 0.717) is 6.61 Å². The normalized spacial score (nSPS) is 10.6. The highest BCUT2D eigenvalue weighted by molar-refractivity contribution is 5.85. The Bertz CT molecular complexity index is 496. The van der Waals surface area contributed by atoms with E-state index in [2.05, 4.69) is 12.2 Å². The summed E-state index contributed by atoms with van der Waals surface area (Å²) in [5.41, 5.74) is 0.154. The summed E-state index contributed by atoms with van der Waals surface area (Å²) in [6.07, 6.45) is 11.5. The molecule has 0 saturated carbocycles. The zero-order valence-corrected chi connectivity index (χ0v) is 15.1. The summed E-state index contributed by atoms with van der Waals surface area (Å²) >= 11 is 0. The van der Waals surface area contributed by atoms with Gasteiger partial charge in [0.15, 0.2) is 17.2 Å². The van der Waals surface area contributed by atoms with Crippen LogP contribution in [0.4, 0.5) is 10.5 Å². The molecule has 142 valence electrons. The van der Waals surface area contributed by atoms with Crippen LogP contribution in [0.2, 0.25) is 0 Å². The molecular weight excluding hydrogens is 322 g/mol. The van der Waals surface area contributed by atoms with Crippen LogP contribution in [0.5, 0.6) is 17.2 Å². The Labute approximate surface area is 149 Å². The number of unbranched alkanes of at least 4 members (excludes halogenated alkanes) is 9. The molecule has 4 N–H and O–H groups in total. The van der Waals surface area contributed by atoms with Crippen molar-refractivity contribution >= 4 is 11.8 Å². The Morgan fingerprint density at radius 1 is 0.880 bits per heavy atom. The van der Waals surface area contributed by atoms with E-state index in [0.717, 1.165) is 31.4 Å². The van der Waals surface area contributed by atoms with Gasteiger partial charge in [-0.15, -0.1) is 0 Å². The number of hydrogen-bond donors (Lipinski definition) is 4. The second-order valence-electron chi connectivity index (χ2n) is 6.31. The average Bonchev–Trinajstić information content (AvgIpc) is 2.57. The van der Waals surface area contributed by atoms with Crippen LogP contribution in [0.25, 0.3) is 0 Å². The third-order valence-corrected chi connectivity index (χ3v) is 4.05. The Morgan fingerprint density at radius 2 is 1.36 bits per heavy atom. The molecule has 0 heterocycles. The van der Waals surface area contributed by atoms with Gasteiger partial charge in [0, 0.05) is 12.1 Å².